The Kier molecular flexibility index (Phi) is 4.63. The van der Waals surface area contributed by atoms with Gasteiger partial charge in [-0.15, -0.1) is 11.3 Å². The van der Waals surface area contributed by atoms with Crippen molar-refractivity contribution < 1.29 is 4.79 Å². The molecule has 0 bridgehead atoms. The highest BCUT2D eigenvalue weighted by Gasteiger charge is 2.27. The molecule has 0 unspecified atom stereocenters. The molecule has 126 valence electrons. The Morgan fingerprint density at radius 2 is 1.92 bits per heavy atom. The summed E-state index contributed by atoms with van der Waals surface area (Å²) in [4.78, 5) is 19.9. The summed E-state index contributed by atoms with van der Waals surface area (Å²) in [6.45, 7) is 2.85. The van der Waals surface area contributed by atoms with Gasteiger partial charge < -0.3 is 10.2 Å². The van der Waals surface area contributed by atoms with E-state index in [-0.39, 0.29) is 5.91 Å². The van der Waals surface area contributed by atoms with Gasteiger partial charge in [-0.25, -0.2) is 4.98 Å². The Balaban J connectivity index is 1.34. The molecule has 1 saturated heterocycles. The van der Waals surface area contributed by atoms with Gasteiger partial charge in [0.1, 0.15) is 9.88 Å². The SMILES string of the molecule is O=C(c1cnc(-c2ccccc2)s1)N1CCC(NCC2CC2)CC1. The largest absolute Gasteiger partial charge is 0.338 e. The number of piperidine rings is 1. The standard InChI is InChI=1S/C19H23N3OS/c23-19(17-13-21-18(24-17)15-4-2-1-3-5-15)22-10-8-16(9-11-22)20-12-14-6-7-14/h1-5,13-14,16,20H,6-12H2. The highest BCUT2D eigenvalue weighted by Crippen LogP contribution is 2.29. The number of carbonyl (C=O) groups excluding carboxylic acids is 1. The molecule has 4 rings (SSSR count). The Morgan fingerprint density at radius 3 is 2.62 bits per heavy atom. The first-order valence-corrected chi connectivity index (χ1v) is 9.65. The maximum absolute atomic E-state index is 12.7. The highest BCUT2D eigenvalue weighted by atomic mass is 32.1. The van der Waals surface area contributed by atoms with Crippen LogP contribution >= 0.6 is 11.3 Å². The van der Waals surface area contributed by atoms with E-state index >= 15 is 0 Å². The van der Waals surface area contributed by atoms with Crippen molar-refractivity contribution in [2.45, 2.75) is 31.7 Å². The number of nitrogens with zero attached hydrogens (tertiary/aromatic N) is 2. The van der Waals surface area contributed by atoms with E-state index in [9.17, 15) is 4.79 Å². The van der Waals surface area contributed by atoms with Crippen LogP contribution in [0.3, 0.4) is 0 Å². The summed E-state index contributed by atoms with van der Waals surface area (Å²) in [6.07, 6.45) is 6.62. The van der Waals surface area contributed by atoms with Gasteiger partial charge in [0.05, 0.1) is 6.20 Å². The van der Waals surface area contributed by atoms with E-state index in [4.69, 9.17) is 0 Å². The third-order valence-electron chi connectivity index (χ3n) is 4.91. The van der Waals surface area contributed by atoms with E-state index in [1.807, 2.05) is 35.2 Å². The number of nitrogens with one attached hydrogen (secondary N) is 1. The molecule has 0 spiro atoms. The normalized spacial score (nSPS) is 18.8. The molecule has 1 aromatic carbocycles. The van der Waals surface area contributed by atoms with E-state index in [0.717, 1.165) is 53.8 Å². The van der Waals surface area contributed by atoms with E-state index < -0.39 is 0 Å². The maximum Gasteiger partial charge on any atom is 0.265 e. The lowest BCUT2D eigenvalue weighted by Crippen LogP contribution is -2.45. The second kappa shape index (κ2) is 7.03. The molecule has 1 N–H and O–H groups in total. The number of carbonyl (C=O) groups is 1. The van der Waals surface area contributed by atoms with Crippen LogP contribution in [0.1, 0.15) is 35.4 Å². The van der Waals surface area contributed by atoms with Crippen molar-refractivity contribution in [2.75, 3.05) is 19.6 Å². The molecule has 2 aromatic rings. The summed E-state index contributed by atoms with van der Waals surface area (Å²) < 4.78 is 0. The lowest BCUT2D eigenvalue weighted by molar-refractivity contribution is 0.0709. The van der Waals surface area contributed by atoms with Crippen LogP contribution < -0.4 is 5.32 Å². The van der Waals surface area contributed by atoms with Gasteiger partial charge >= 0.3 is 0 Å². The average Bonchev–Trinajstić information content (AvgIpc) is 3.34. The molecule has 2 heterocycles. The van der Waals surface area contributed by atoms with Gasteiger partial charge in [0.15, 0.2) is 0 Å². The number of thiazole rings is 1. The van der Waals surface area contributed by atoms with E-state index in [0.29, 0.717) is 6.04 Å². The highest BCUT2D eigenvalue weighted by molar-refractivity contribution is 7.16. The first-order chi connectivity index (χ1) is 11.8. The van der Waals surface area contributed by atoms with E-state index in [1.165, 1.54) is 24.2 Å². The molecule has 1 aliphatic heterocycles. The fourth-order valence-corrected chi connectivity index (χ4v) is 4.07. The molecular formula is C19H23N3OS. The summed E-state index contributed by atoms with van der Waals surface area (Å²) in [5.41, 5.74) is 1.07. The molecule has 4 nitrogen and oxygen atoms in total. The van der Waals surface area contributed by atoms with Gasteiger partial charge in [-0.05, 0) is 38.1 Å². The molecule has 0 radical (unpaired) electrons. The molecule has 24 heavy (non-hydrogen) atoms. The van der Waals surface area contributed by atoms with Gasteiger partial charge in [-0.2, -0.15) is 0 Å². The van der Waals surface area contributed by atoms with Crippen LogP contribution in [0, 0.1) is 5.92 Å². The fourth-order valence-electron chi connectivity index (χ4n) is 3.19. The van der Waals surface area contributed by atoms with Gasteiger partial charge in [-0.3, -0.25) is 4.79 Å². The van der Waals surface area contributed by atoms with E-state index in [2.05, 4.69) is 10.3 Å². The molecule has 2 fully saturated rings. The Labute approximate surface area is 146 Å². The minimum absolute atomic E-state index is 0.135. The van der Waals surface area contributed by atoms with Crippen LogP contribution in [0.15, 0.2) is 36.5 Å². The third kappa shape index (κ3) is 3.68. The zero-order valence-corrected chi connectivity index (χ0v) is 14.6. The summed E-state index contributed by atoms with van der Waals surface area (Å²) in [5, 5.41) is 4.58. The Hall–Kier alpha value is -1.72. The number of hydrogen-bond donors (Lipinski definition) is 1. The lowest BCUT2D eigenvalue weighted by atomic mass is 10.0. The molecule has 1 saturated carbocycles. The van der Waals surface area contributed by atoms with Crippen LogP contribution in [-0.4, -0.2) is 41.5 Å². The molecule has 2 aliphatic rings. The zero-order chi connectivity index (χ0) is 16.4. The number of aromatic nitrogens is 1. The molecule has 1 amide bonds. The summed E-state index contributed by atoms with van der Waals surface area (Å²) in [6, 6.07) is 10.6. The topological polar surface area (TPSA) is 45.2 Å². The van der Waals surface area contributed by atoms with Crippen molar-refractivity contribution in [3.63, 3.8) is 0 Å². The number of hydrogen-bond acceptors (Lipinski definition) is 4. The molecule has 1 aliphatic carbocycles. The Morgan fingerprint density at radius 1 is 1.17 bits per heavy atom. The van der Waals surface area contributed by atoms with Crippen molar-refractivity contribution in [2.24, 2.45) is 5.92 Å². The smallest absolute Gasteiger partial charge is 0.265 e. The number of benzene rings is 1. The van der Waals surface area contributed by atoms with Crippen molar-refractivity contribution in [1.29, 1.82) is 0 Å². The predicted molar refractivity (Wildman–Crippen MR) is 97.2 cm³/mol. The van der Waals surface area contributed by atoms with Crippen molar-refractivity contribution in [3.05, 3.63) is 41.4 Å². The Bertz CT molecular complexity index is 688. The number of likely N-dealkylation sites (tertiary alicyclic amines) is 1. The monoisotopic (exact) mass is 341 g/mol. The number of rotatable bonds is 5. The summed E-state index contributed by atoms with van der Waals surface area (Å²) in [7, 11) is 0. The predicted octanol–water partition coefficient (Wildman–Crippen LogP) is 3.41. The van der Waals surface area contributed by atoms with Crippen LogP contribution in [0.4, 0.5) is 0 Å². The summed E-state index contributed by atoms with van der Waals surface area (Å²) in [5.74, 6) is 1.05. The van der Waals surface area contributed by atoms with Crippen LogP contribution in [-0.2, 0) is 0 Å². The van der Waals surface area contributed by atoms with Crippen molar-refractivity contribution in [1.82, 2.24) is 15.2 Å². The second-order valence-corrected chi connectivity index (χ2v) is 7.84. The average molecular weight is 341 g/mol. The second-order valence-electron chi connectivity index (χ2n) is 6.81. The third-order valence-corrected chi connectivity index (χ3v) is 5.95. The minimum atomic E-state index is 0.135. The van der Waals surface area contributed by atoms with Gasteiger partial charge in [0.25, 0.3) is 5.91 Å². The molecule has 1 aromatic heterocycles. The van der Waals surface area contributed by atoms with Gasteiger partial charge in [-0.1, -0.05) is 30.3 Å². The lowest BCUT2D eigenvalue weighted by Gasteiger charge is -2.32. The zero-order valence-electron chi connectivity index (χ0n) is 13.8. The molecular weight excluding hydrogens is 318 g/mol. The fraction of sp³-hybridized carbons (Fsp3) is 0.474. The van der Waals surface area contributed by atoms with Crippen LogP contribution in [0.25, 0.3) is 10.6 Å². The van der Waals surface area contributed by atoms with Gasteiger partial charge in [0.2, 0.25) is 0 Å². The van der Waals surface area contributed by atoms with Crippen LogP contribution in [0.2, 0.25) is 0 Å². The quantitative estimate of drug-likeness (QED) is 0.906. The summed E-state index contributed by atoms with van der Waals surface area (Å²) >= 11 is 1.49. The maximum atomic E-state index is 12.7. The molecule has 5 heteroatoms. The first kappa shape index (κ1) is 15.8. The van der Waals surface area contributed by atoms with Gasteiger partial charge in [0, 0.05) is 24.7 Å². The number of amides is 1. The van der Waals surface area contributed by atoms with Crippen molar-refractivity contribution >= 4 is 17.2 Å². The van der Waals surface area contributed by atoms with E-state index in [1.54, 1.807) is 6.20 Å². The van der Waals surface area contributed by atoms with Crippen LogP contribution in [0.5, 0.6) is 0 Å². The van der Waals surface area contributed by atoms with Crippen molar-refractivity contribution in [3.8, 4) is 10.6 Å². The minimum Gasteiger partial charge on any atom is -0.338 e. The molecule has 0 atom stereocenters. The first-order valence-electron chi connectivity index (χ1n) is 8.83.